The lowest BCUT2D eigenvalue weighted by Gasteiger charge is -2.18. The molecule has 0 spiro atoms. The first-order valence-corrected chi connectivity index (χ1v) is 8.46. The van der Waals surface area contributed by atoms with Crippen molar-refractivity contribution in [1.82, 2.24) is 15.0 Å². The number of hydrogen-bond acceptors (Lipinski definition) is 7. The molecule has 0 unspecified atom stereocenters. The Balaban J connectivity index is 1.57. The quantitative estimate of drug-likeness (QED) is 0.733. The molecule has 1 aromatic heterocycles. The SMILES string of the molecule is COc1ccccc1Nc1nc(N)nc(CN2CCc3ccccc32)n1. The highest BCUT2D eigenvalue weighted by Gasteiger charge is 2.20. The van der Waals surface area contributed by atoms with Crippen molar-refractivity contribution in [3.8, 4) is 5.75 Å². The van der Waals surface area contributed by atoms with Crippen LogP contribution in [0.5, 0.6) is 5.75 Å². The van der Waals surface area contributed by atoms with Gasteiger partial charge in [0.1, 0.15) is 5.75 Å². The minimum atomic E-state index is 0.194. The number of fused-ring (bicyclic) bond motifs is 1. The third-order valence-corrected chi connectivity index (χ3v) is 4.37. The highest BCUT2D eigenvalue weighted by Crippen LogP contribution is 2.29. The number of nitrogens with two attached hydrogens (primary N) is 1. The van der Waals surface area contributed by atoms with E-state index in [1.54, 1.807) is 7.11 Å². The van der Waals surface area contributed by atoms with Crippen LogP contribution in [0.15, 0.2) is 48.5 Å². The summed E-state index contributed by atoms with van der Waals surface area (Å²) in [5.41, 5.74) is 9.25. The number of benzene rings is 2. The third-order valence-electron chi connectivity index (χ3n) is 4.37. The average molecular weight is 348 g/mol. The molecule has 7 nitrogen and oxygen atoms in total. The highest BCUT2D eigenvalue weighted by atomic mass is 16.5. The Labute approximate surface area is 151 Å². The molecule has 7 heteroatoms. The molecule has 2 heterocycles. The molecule has 0 amide bonds. The first kappa shape index (κ1) is 16.1. The molecule has 0 fully saturated rings. The van der Waals surface area contributed by atoms with Crippen LogP contribution >= 0.6 is 0 Å². The maximum atomic E-state index is 5.90. The lowest BCUT2D eigenvalue weighted by Crippen LogP contribution is -2.22. The van der Waals surface area contributed by atoms with Gasteiger partial charge in [-0.05, 0) is 30.2 Å². The Morgan fingerprint density at radius 2 is 1.88 bits per heavy atom. The number of para-hydroxylation sites is 3. The Hall–Kier alpha value is -3.35. The molecule has 0 atom stereocenters. The van der Waals surface area contributed by atoms with Gasteiger partial charge in [-0.1, -0.05) is 30.3 Å². The second-order valence-corrected chi connectivity index (χ2v) is 6.06. The summed E-state index contributed by atoms with van der Waals surface area (Å²) in [6.07, 6.45) is 1.03. The largest absolute Gasteiger partial charge is 0.495 e. The van der Waals surface area contributed by atoms with E-state index in [1.807, 2.05) is 30.3 Å². The van der Waals surface area contributed by atoms with E-state index in [1.165, 1.54) is 11.3 Å². The maximum Gasteiger partial charge on any atom is 0.232 e. The normalized spacial score (nSPS) is 12.7. The summed E-state index contributed by atoms with van der Waals surface area (Å²) in [5.74, 6) is 1.94. The second-order valence-electron chi connectivity index (χ2n) is 6.06. The molecule has 0 saturated carbocycles. The van der Waals surface area contributed by atoms with Crippen LogP contribution in [0.4, 0.5) is 23.3 Å². The van der Waals surface area contributed by atoms with E-state index in [0.717, 1.165) is 18.7 Å². The molecule has 1 aliphatic rings. The molecule has 2 aromatic carbocycles. The van der Waals surface area contributed by atoms with E-state index in [4.69, 9.17) is 10.5 Å². The minimum absolute atomic E-state index is 0.194. The number of methoxy groups -OCH3 is 1. The number of anilines is 4. The van der Waals surface area contributed by atoms with Crippen molar-refractivity contribution >= 4 is 23.3 Å². The van der Waals surface area contributed by atoms with Crippen LogP contribution in [0.25, 0.3) is 0 Å². The van der Waals surface area contributed by atoms with Crippen molar-refractivity contribution < 1.29 is 4.74 Å². The summed E-state index contributed by atoms with van der Waals surface area (Å²) >= 11 is 0. The van der Waals surface area contributed by atoms with Gasteiger partial charge in [0, 0.05) is 12.2 Å². The molecule has 0 bridgehead atoms. The van der Waals surface area contributed by atoms with Crippen molar-refractivity contribution in [2.45, 2.75) is 13.0 Å². The zero-order valence-electron chi connectivity index (χ0n) is 14.5. The van der Waals surface area contributed by atoms with Gasteiger partial charge in [0.25, 0.3) is 0 Å². The van der Waals surface area contributed by atoms with E-state index in [2.05, 4.69) is 43.4 Å². The summed E-state index contributed by atoms with van der Waals surface area (Å²) in [6.45, 7) is 1.53. The molecular weight excluding hydrogens is 328 g/mol. The van der Waals surface area contributed by atoms with Gasteiger partial charge in [0.15, 0.2) is 5.82 Å². The summed E-state index contributed by atoms with van der Waals surface area (Å²) in [7, 11) is 1.62. The van der Waals surface area contributed by atoms with Gasteiger partial charge >= 0.3 is 0 Å². The fourth-order valence-electron chi connectivity index (χ4n) is 3.17. The first-order chi connectivity index (χ1) is 12.7. The molecule has 26 heavy (non-hydrogen) atoms. The number of nitrogens with zero attached hydrogens (tertiary/aromatic N) is 4. The Bertz CT molecular complexity index is 929. The van der Waals surface area contributed by atoms with E-state index in [0.29, 0.717) is 24.1 Å². The predicted molar refractivity (Wildman–Crippen MR) is 102 cm³/mol. The van der Waals surface area contributed by atoms with Gasteiger partial charge in [-0.3, -0.25) is 0 Å². The lowest BCUT2D eigenvalue weighted by atomic mass is 10.2. The lowest BCUT2D eigenvalue weighted by molar-refractivity contribution is 0.417. The van der Waals surface area contributed by atoms with E-state index >= 15 is 0 Å². The van der Waals surface area contributed by atoms with Crippen molar-refractivity contribution in [3.05, 3.63) is 59.9 Å². The molecule has 0 saturated heterocycles. The number of nitrogens with one attached hydrogen (secondary N) is 1. The molecule has 3 aromatic rings. The molecule has 4 rings (SSSR count). The van der Waals surface area contributed by atoms with Crippen molar-refractivity contribution in [1.29, 1.82) is 0 Å². The summed E-state index contributed by atoms with van der Waals surface area (Å²) < 4.78 is 5.35. The zero-order chi connectivity index (χ0) is 17.9. The van der Waals surface area contributed by atoms with E-state index < -0.39 is 0 Å². The standard InChI is InChI=1S/C19H20N6O/c1-26-16-9-5-3-7-14(16)21-19-23-17(22-18(20)24-19)12-25-11-10-13-6-2-4-8-15(13)25/h2-9H,10-12H2,1H3,(H3,20,21,22,23,24). The van der Waals surface area contributed by atoms with Crippen LogP contribution in [-0.2, 0) is 13.0 Å². The number of rotatable bonds is 5. The van der Waals surface area contributed by atoms with Crippen LogP contribution in [-0.4, -0.2) is 28.6 Å². The number of hydrogen-bond donors (Lipinski definition) is 2. The van der Waals surface area contributed by atoms with Gasteiger partial charge in [-0.25, -0.2) is 0 Å². The van der Waals surface area contributed by atoms with Crippen molar-refractivity contribution in [3.63, 3.8) is 0 Å². The smallest absolute Gasteiger partial charge is 0.232 e. The predicted octanol–water partition coefficient (Wildman–Crippen LogP) is 2.77. The Kier molecular flexibility index (Phi) is 4.27. The second kappa shape index (κ2) is 6.87. The van der Waals surface area contributed by atoms with Crippen molar-refractivity contribution in [2.24, 2.45) is 0 Å². The van der Waals surface area contributed by atoms with Crippen LogP contribution in [0.1, 0.15) is 11.4 Å². The molecule has 3 N–H and O–H groups in total. The molecule has 132 valence electrons. The molecule has 1 aliphatic heterocycles. The van der Waals surface area contributed by atoms with Gasteiger partial charge in [-0.2, -0.15) is 15.0 Å². The van der Waals surface area contributed by atoms with Gasteiger partial charge in [-0.15, -0.1) is 0 Å². The van der Waals surface area contributed by atoms with E-state index in [9.17, 15) is 0 Å². The molecule has 0 radical (unpaired) electrons. The summed E-state index contributed by atoms with van der Waals surface area (Å²) in [4.78, 5) is 15.3. The number of nitrogen functional groups attached to an aromatic ring is 1. The number of aromatic nitrogens is 3. The fourth-order valence-corrected chi connectivity index (χ4v) is 3.17. The van der Waals surface area contributed by atoms with Crippen molar-refractivity contribution in [2.75, 3.05) is 29.6 Å². The Morgan fingerprint density at radius 3 is 2.77 bits per heavy atom. The highest BCUT2D eigenvalue weighted by molar-refractivity contribution is 5.63. The monoisotopic (exact) mass is 348 g/mol. The Morgan fingerprint density at radius 1 is 1.08 bits per heavy atom. The first-order valence-electron chi connectivity index (χ1n) is 8.46. The maximum absolute atomic E-state index is 5.90. The average Bonchev–Trinajstić information content (AvgIpc) is 3.05. The van der Waals surface area contributed by atoms with Crippen LogP contribution in [0.2, 0.25) is 0 Å². The van der Waals surface area contributed by atoms with Gasteiger partial charge in [0.05, 0.1) is 19.3 Å². The third kappa shape index (κ3) is 3.23. The summed E-state index contributed by atoms with van der Waals surface area (Å²) in [6, 6.07) is 16.0. The summed E-state index contributed by atoms with van der Waals surface area (Å²) in [5, 5.41) is 3.16. The fraction of sp³-hybridized carbons (Fsp3) is 0.211. The minimum Gasteiger partial charge on any atom is -0.495 e. The van der Waals surface area contributed by atoms with E-state index in [-0.39, 0.29) is 5.95 Å². The molecule has 0 aliphatic carbocycles. The number of ether oxygens (including phenoxy) is 1. The molecular formula is C19H20N6O. The topological polar surface area (TPSA) is 89.2 Å². The van der Waals surface area contributed by atoms with Crippen LogP contribution < -0.4 is 20.7 Å². The zero-order valence-corrected chi connectivity index (χ0v) is 14.5. The van der Waals surface area contributed by atoms with Gasteiger partial charge < -0.3 is 20.7 Å². The van der Waals surface area contributed by atoms with Crippen LogP contribution in [0.3, 0.4) is 0 Å². The van der Waals surface area contributed by atoms with Gasteiger partial charge in [0.2, 0.25) is 11.9 Å². The van der Waals surface area contributed by atoms with Crippen LogP contribution in [0, 0.1) is 0 Å².